The number of Topliss-reactive ketones (excluding diaryl/α,β-unsaturated/α-hetero) is 1. The first-order chi connectivity index (χ1) is 20.5. The van der Waals surface area contributed by atoms with Crippen molar-refractivity contribution in [2.24, 2.45) is 5.92 Å². The number of esters is 1. The zero-order valence-corrected chi connectivity index (χ0v) is 25.3. The molecule has 2 fully saturated rings. The summed E-state index contributed by atoms with van der Waals surface area (Å²) in [5.41, 5.74) is 3.63. The number of ether oxygens (including phenoxy) is 2. The highest BCUT2D eigenvalue weighted by Crippen LogP contribution is 2.36. The van der Waals surface area contributed by atoms with Crippen molar-refractivity contribution in [3.8, 4) is 17.0 Å². The Hall–Kier alpha value is -3.37. The molecule has 42 heavy (non-hydrogen) atoms. The van der Waals surface area contributed by atoms with E-state index in [0.717, 1.165) is 73.2 Å². The number of benzene rings is 1. The van der Waals surface area contributed by atoms with Gasteiger partial charge in [0, 0.05) is 42.5 Å². The minimum absolute atomic E-state index is 0.0634. The fourth-order valence-electron chi connectivity index (χ4n) is 6.35. The Balaban J connectivity index is 1.16. The van der Waals surface area contributed by atoms with Crippen molar-refractivity contribution in [1.82, 2.24) is 19.9 Å². The van der Waals surface area contributed by atoms with Crippen LogP contribution in [-0.2, 0) is 28.9 Å². The molecule has 3 aliphatic rings. The molecule has 0 amide bonds. The fraction of sp³-hybridized carbons (Fsp3) is 0.531. The molecule has 6 rings (SSSR count). The summed E-state index contributed by atoms with van der Waals surface area (Å²) in [6.07, 6.45) is 9.41. The molecule has 0 bridgehead atoms. The van der Waals surface area contributed by atoms with Crippen LogP contribution in [0.4, 0.5) is 5.82 Å². The molecule has 3 aromatic rings. The number of anilines is 1. The summed E-state index contributed by atoms with van der Waals surface area (Å²) < 4.78 is 10.9. The number of carbonyl (C=O) groups is 2. The van der Waals surface area contributed by atoms with E-state index in [4.69, 9.17) is 14.5 Å². The molecule has 2 aromatic heterocycles. The molecule has 222 valence electrons. The molecule has 10 heteroatoms. The van der Waals surface area contributed by atoms with E-state index in [1.807, 2.05) is 13.0 Å². The van der Waals surface area contributed by atoms with Crippen LogP contribution in [0.25, 0.3) is 11.3 Å². The third-order valence-electron chi connectivity index (χ3n) is 8.70. The molecule has 5 heterocycles. The minimum Gasteiger partial charge on any atom is -0.493 e. The second-order valence-corrected chi connectivity index (χ2v) is 12.5. The molecule has 2 saturated heterocycles. The number of rotatable bonds is 10. The molecule has 0 unspecified atom stereocenters. The zero-order valence-electron chi connectivity index (χ0n) is 24.5. The Bertz CT molecular complexity index is 1420. The van der Waals surface area contributed by atoms with Crippen LogP contribution in [0.2, 0.25) is 0 Å². The predicted octanol–water partition coefficient (Wildman–Crippen LogP) is 5.11. The normalized spacial score (nSPS) is 19.1. The van der Waals surface area contributed by atoms with Crippen LogP contribution in [0.5, 0.6) is 5.75 Å². The first-order valence-electron chi connectivity index (χ1n) is 15.3. The Morgan fingerprint density at radius 2 is 1.95 bits per heavy atom. The summed E-state index contributed by atoms with van der Waals surface area (Å²) in [6, 6.07) is 6.94. The Labute approximate surface area is 251 Å². The van der Waals surface area contributed by atoms with Gasteiger partial charge in [0.05, 0.1) is 43.6 Å². The molecular formula is C32H39N5O4S. The van der Waals surface area contributed by atoms with Gasteiger partial charge in [0.25, 0.3) is 0 Å². The van der Waals surface area contributed by atoms with Crippen LogP contribution in [0.15, 0.2) is 30.6 Å². The maximum absolute atomic E-state index is 13.3. The quantitative estimate of drug-likeness (QED) is 0.236. The largest absolute Gasteiger partial charge is 0.493 e. The van der Waals surface area contributed by atoms with Crippen LogP contribution in [0.3, 0.4) is 0 Å². The van der Waals surface area contributed by atoms with E-state index in [1.54, 1.807) is 23.7 Å². The zero-order chi connectivity index (χ0) is 29.1. The van der Waals surface area contributed by atoms with Gasteiger partial charge in [-0.25, -0.2) is 15.0 Å². The molecule has 1 aromatic carbocycles. The van der Waals surface area contributed by atoms with E-state index >= 15 is 0 Å². The number of nitrogens with zero attached hydrogens (tertiary/aromatic N) is 5. The van der Waals surface area contributed by atoms with Gasteiger partial charge in [0.15, 0.2) is 5.78 Å². The number of piperidine rings is 1. The van der Waals surface area contributed by atoms with Crippen LogP contribution in [0.1, 0.15) is 71.9 Å². The lowest BCUT2D eigenvalue weighted by Gasteiger charge is -2.31. The van der Waals surface area contributed by atoms with E-state index in [9.17, 15) is 9.59 Å². The number of ketones is 1. The molecule has 0 saturated carbocycles. The summed E-state index contributed by atoms with van der Waals surface area (Å²) >= 11 is 1.64. The molecule has 0 spiro atoms. The maximum atomic E-state index is 13.3. The molecule has 9 nitrogen and oxygen atoms in total. The standard InChI is InChI=1S/C32H39N5O4S/c1-3-24-6-5-12-37(24)20-28-31(23-7-8-27-22(16-23)11-15-41-27)35-30(42-28)17-26(38)25-18-34-29(19-33-25)36-13-9-21(10-14-36)32(39)40-4-2/h7-8,16,18-19,21,24H,3-6,9-15,17,20H2,1-2H3/t24-/m1/s1. The number of aromatic nitrogens is 3. The van der Waals surface area contributed by atoms with E-state index in [2.05, 4.69) is 38.8 Å². The molecule has 0 N–H and O–H groups in total. The highest BCUT2D eigenvalue weighted by Gasteiger charge is 2.28. The Morgan fingerprint density at radius 1 is 1.10 bits per heavy atom. The number of likely N-dealkylation sites (tertiary alicyclic amines) is 1. The van der Waals surface area contributed by atoms with Gasteiger partial charge in [0.2, 0.25) is 0 Å². The second kappa shape index (κ2) is 12.9. The predicted molar refractivity (Wildman–Crippen MR) is 162 cm³/mol. The third kappa shape index (κ3) is 6.20. The summed E-state index contributed by atoms with van der Waals surface area (Å²) in [6.45, 7) is 8.60. The van der Waals surface area contributed by atoms with E-state index in [0.29, 0.717) is 31.4 Å². The number of thiazole rings is 1. The molecule has 0 aliphatic carbocycles. The number of hydrogen-bond donors (Lipinski definition) is 0. The van der Waals surface area contributed by atoms with Gasteiger partial charge in [-0.1, -0.05) is 6.92 Å². The van der Waals surface area contributed by atoms with Crippen molar-refractivity contribution < 1.29 is 19.1 Å². The van der Waals surface area contributed by atoms with E-state index in [-0.39, 0.29) is 24.1 Å². The number of hydrogen-bond acceptors (Lipinski definition) is 10. The van der Waals surface area contributed by atoms with Crippen LogP contribution < -0.4 is 9.64 Å². The average molecular weight is 590 g/mol. The van der Waals surface area contributed by atoms with Gasteiger partial charge in [-0.15, -0.1) is 11.3 Å². The lowest BCUT2D eigenvalue weighted by atomic mass is 9.97. The van der Waals surface area contributed by atoms with Crippen molar-refractivity contribution in [2.45, 2.75) is 71.4 Å². The van der Waals surface area contributed by atoms with Gasteiger partial charge in [-0.2, -0.15) is 0 Å². The highest BCUT2D eigenvalue weighted by atomic mass is 32.1. The maximum Gasteiger partial charge on any atom is 0.309 e. The smallest absolute Gasteiger partial charge is 0.309 e. The van der Waals surface area contributed by atoms with Crippen LogP contribution in [-0.4, -0.2) is 70.5 Å². The van der Waals surface area contributed by atoms with Crippen molar-refractivity contribution in [3.63, 3.8) is 0 Å². The van der Waals surface area contributed by atoms with Crippen molar-refractivity contribution in [3.05, 3.63) is 51.7 Å². The van der Waals surface area contributed by atoms with Crippen LogP contribution in [0, 0.1) is 5.92 Å². The first kappa shape index (κ1) is 28.7. The SMILES string of the molecule is CCOC(=O)C1CCN(c2cnc(C(=O)Cc3nc(-c4ccc5c(c4)CCO5)c(CN4CCC[C@H]4CC)s3)cn2)CC1. The van der Waals surface area contributed by atoms with Crippen molar-refractivity contribution >= 4 is 28.9 Å². The number of fused-ring (bicyclic) bond motifs is 1. The summed E-state index contributed by atoms with van der Waals surface area (Å²) in [5.74, 6) is 1.42. The minimum atomic E-state index is -0.117. The topological polar surface area (TPSA) is 97.8 Å². The third-order valence-corrected chi connectivity index (χ3v) is 9.74. The average Bonchev–Trinajstić information content (AvgIpc) is 3.77. The van der Waals surface area contributed by atoms with Crippen molar-refractivity contribution in [2.75, 3.05) is 37.7 Å². The van der Waals surface area contributed by atoms with Gasteiger partial charge < -0.3 is 14.4 Å². The molecule has 3 aliphatic heterocycles. The van der Waals surface area contributed by atoms with Gasteiger partial charge >= 0.3 is 5.97 Å². The van der Waals surface area contributed by atoms with Gasteiger partial charge in [0.1, 0.15) is 22.3 Å². The monoisotopic (exact) mass is 589 g/mol. The molecule has 1 atom stereocenters. The lowest BCUT2D eigenvalue weighted by Crippen LogP contribution is -2.37. The highest BCUT2D eigenvalue weighted by molar-refractivity contribution is 7.12. The van der Waals surface area contributed by atoms with E-state index in [1.165, 1.54) is 23.3 Å². The van der Waals surface area contributed by atoms with Gasteiger partial charge in [-0.05, 0) is 69.3 Å². The molecule has 0 radical (unpaired) electrons. The lowest BCUT2D eigenvalue weighted by molar-refractivity contribution is -0.148. The van der Waals surface area contributed by atoms with Crippen molar-refractivity contribution in [1.29, 1.82) is 0 Å². The first-order valence-corrected chi connectivity index (χ1v) is 16.1. The fourth-order valence-corrected chi connectivity index (χ4v) is 7.47. The second-order valence-electron chi connectivity index (χ2n) is 11.3. The van der Waals surface area contributed by atoms with E-state index < -0.39 is 0 Å². The number of carbonyl (C=O) groups excluding carboxylic acids is 2. The van der Waals surface area contributed by atoms with Gasteiger partial charge in [-0.3, -0.25) is 14.5 Å². The molecular weight excluding hydrogens is 550 g/mol. The Kier molecular flexibility index (Phi) is 8.81. The summed E-state index contributed by atoms with van der Waals surface area (Å²) in [7, 11) is 0. The summed E-state index contributed by atoms with van der Waals surface area (Å²) in [5, 5.41) is 0.806. The Morgan fingerprint density at radius 3 is 2.71 bits per heavy atom. The summed E-state index contributed by atoms with van der Waals surface area (Å²) in [4.78, 5) is 45.3. The van der Waals surface area contributed by atoms with Crippen LogP contribution >= 0.6 is 11.3 Å².